The molecule has 0 saturated carbocycles. The molecule has 0 atom stereocenters. The van der Waals surface area contributed by atoms with Crippen molar-refractivity contribution in [2.75, 3.05) is 0 Å². The average molecular weight is 531 g/mol. The van der Waals surface area contributed by atoms with Gasteiger partial charge in [-0.2, -0.15) is 0 Å². The van der Waals surface area contributed by atoms with Crippen LogP contribution in [-0.4, -0.2) is 5.71 Å². The van der Waals surface area contributed by atoms with Crippen molar-refractivity contribution in [2.24, 2.45) is 0 Å². The summed E-state index contributed by atoms with van der Waals surface area (Å²) in [4.78, 5) is 1.17. The van der Waals surface area contributed by atoms with Crippen molar-refractivity contribution in [3.05, 3.63) is 166 Å². The molecule has 190 valence electrons. The summed E-state index contributed by atoms with van der Waals surface area (Å²) in [7, 11) is 0. The van der Waals surface area contributed by atoms with Crippen LogP contribution < -0.4 is 5.32 Å². The third-order valence-electron chi connectivity index (χ3n) is 7.39. The van der Waals surface area contributed by atoms with Gasteiger partial charge in [0, 0.05) is 16.7 Å². The van der Waals surface area contributed by atoms with E-state index in [-0.39, 0.29) is 0 Å². The number of hydrogen-bond donors (Lipinski definition) is 2. The van der Waals surface area contributed by atoms with Crippen LogP contribution in [0.15, 0.2) is 139 Å². The molecule has 7 rings (SSSR count). The molecule has 0 saturated heterocycles. The Balaban J connectivity index is 1.47. The van der Waals surface area contributed by atoms with Crippen molar-refractivity contribution in [3.63, 3.8) is 0 Å². The van der Waals surface area contributed by atoms with Crippen molar-refractivity contribution in [2.45, 2.75) is 0 Å². The van der Waals surface area contributed by atoms with Gasteiger partial charge < -0.3 is 5.32 Å². The molecule has 0 fully saturated rings. The molecule has 40 heavy (non-hydrogen) atoms. The van der Waals surface area contributed by atoms with Gasteiger partial charge in [-0.1, -0.05) is 121 Å². The lowest BCUT2D eigenvalue weighted by atomic mass is 9.87. The molecule has 0 bridgehead atoms. The van der Waals surface area contributed by atoms with Crippen molar-refractivity contribution in [1.29, 1.82) is 5.41 Å². The quantitative estimate of drug-likeness (QED) is 0.214. The minimum Gasteiger partial charge on any atom is -0.353 e. The number of hydrogen-bond acceptors (Lipinski definition) is 3. The minimum atomic E-state index is 0.486. The second-order valence-corrected chi connectivity index (χ2v) is 10.8. The monoisotopic (exact) mass is 530 g/mol. The van der Waals surface area contributed by atoms with Crippen LogP contribution in [0, 0.1) is 5.41 Å². The van der Waals surface area contributed by atoms with Crippen LogP contribution in [0.5, 0.6) is 0 Å². The molecule has 0 aliphatic carbocycles. The fourth-order valence-electron chi connectivity index (χ4n) is 5.49. The molecule has 1 aliphatic rings. The molecular formula is C37H26N2S. The van der Waals surface area contributed by atoms with Crippen LogP contribution in [0.2, 0.25) is 0 Å². The van der Waals surface area contributed by atoms with E-state index < -0.39 is 0 Å². The van der Waals surface area contributed by atoms with Crippen molar-refractivity contribution in [1.82, 2.24) is 5.32 Å². The van der Waals surface area contributed by atoms with Crippen molar-refractivity contribution >= 4 is 50.9 Å². The highest BCUT2D eigenvalue weighted by Crippen LogP contribution is 2.38. The lowest BCUT2D eigenvalue weighted by Gasteiger charge is -2.26. The van der Waals surface area contributed by atoms with E-state index in [0.29, 0.717) is 5.71 Å². The zero-order valence-corrected chi connectivity index (χ0v) is 22.6. The molecule has 2 N–H and O–H groups in total. The summed E-state index contributed by atoms with van der Waals surface area (Å²) in [6.45, 7) is 0. The van der Waals surface area contributed by atoms with Gasteiger partial charge >= 0.3 is 0 Å². The third kappa shape index (κ3) is 4.37. The Hall–Kier alpha value is -4.99. The first kappa shape index (κ1) is 24.1. The van der Waals surface area contributed by atoms with Gasteiger partial charge in [0.1, 0.15) is 0 Å². The van der Waals surface area contributed by atoms with Crippen LogP contribution in [0.4, 0.5) is 0 Å². The first-order valence-corrected chi connectivity index (χ1v) is 14.2. The van der Waals surface area contributed by atoms with Crippen LogP contribution >= 0.6 is 11.3 Å². The molecule has 1 aliphatic heterocycles. The van der Waals surface area contributed by atoms with Crippen LogP contribution in [0.1, 0.15) is 27.1 Å². The SMILES string of the molecule is N=C(/C(=C1\NC(c2cccs2)=Cc2ccccc21)c1cccc(-c2cccc3ccccc23)c1)c1ccccc1. The second-order valence-electron chi connectivity index (χ2n) is 9.85. The average Bonchev–Trinajstić information content (AvgIpc) is 3.57. The smallest absolute Gasteiger partial charge is 0.0711 e. The van der Waals surface area contributed by atoms with Crippen molar-refractivity contribution in [3.8, 4) is 11.1 Å². The summed E-state index contributed by atoms with van der Waals surface area (Å²) in [5, 5.41) is 17.8. The van der Waals surface area contributed by atoms with Crippen molar-refractivity contribution < 1.29 is 0 Å². The van der Waals surface area contributed by atoms with Gasteiger partial charge in [-0.25, -0.2) is 0 Å². The number of benzene rings is 5. The summed E-state index contributed by atoms with van der Waals surface area (Å²) in [6.07, 6.45) is 2.21. The molecule has 3 heteroatoms. The number of nitrogens with one attached hydrogen (secondary N) is 2. The Morgan fingerprint density at radius 3 is 2.23 bits per heavy atom. The maximum Gasteiger partial charge on any atom is 0.0711 e. The van der Waals surface area contributed by atoms with Gasteiger partial charge in [-0.05, 0) is 56.6 Å². The Bertz CT molecular complexity index is 1920. The standard InChI is InChI=1S/C37H26N2S/c38-36(26-12-2-1-3-13-26)35(37-32-19-7-5-14-28(32)24-33(39-37)34-21-10-22-40-34)29-17-8-16-27(23-29)31-20-9-15-25-11-4-6-18-30(25)31/h1-24,38-39H/b37-35-,38-36?. The second kappa shape index (κ2) is 10.3. The molecule has 0 spiro atoms. The summed E-state index contributed by atoms with van der Waals surface area (Å²) >= 11 is 1.71. The lowest BCUT2D eigenvalue weighted by molar-refractivity contribution is 1.23. The van der Waals surface area contributed by atoms with E-state index in [1.54, 1.807) is 11.3 Å². The number of fused-ring (bicyclic) bond motifs is 2. The van der Waals surface area contributed by atoms with E-state index in [2.05, 4.69) is 120 Å². The normalized spacial score (nSPS) is 13.8. The van der Waals surface area contributed by atoms with Gasteiger partial charge in [0.25, 0.3) is 0 Å². The van der Waals surface area contributed by atoms with Gasteiger partial charge in [0.2, 0.25) is 0 Å². The molecule has 6 aromatic rings. The summed E-state index contributed by atoms with van der Waals surface area (Å²) < 4.78 is 0. The first-order chi connectivity index (χ1) is 19.8. The Labute approximate surface area is 238 Å². The summed E-state index contributed by atoms with van der Waals surface area (Å²) in [5.41, 5.74) is 9.80. The van der Waals surface area contributed by atoms with E-state index in [9.17, 15) is 5.41 Å². The van der Waals surface area contributed by atoms with E-state index in [4.69, 9.17) is 0 Å². The Morgan fingerprint density at radius 1 is 0.625 bits per heavy atom. The zero-order valence-electron chi connectivity index (χ0n) is 21.8. The van der Waals surface area contributed by atoms with Gasteiger partial charge in [0.15, 0.2) is 0 Å². The highest BCUT2D eigenvalue weighted by Gasteiger charge is 2.24. The van der Waals surface area contributed by atoms with Gasteiger partial charge in [0.05, 0.1) is 22.0 Å². The molecule has 0 unspecified atom stereocenters. The Morgan fingerprint density at radius 2 is 1.35 bits per heavy atom. The van der Waals surface area contributed by atoms with E-state index in [0.717, 1.165) is 44.8 Å². The van der Waals surface area contributed by atoms with E-state index in [1.165, 1.54) is 21.2 Å². The van der Waals surface area contributed by atoms with Gasteiger partial charge in [-0.15, -0.1) is 11.3 Å². The summed E-state index contributed by atoms with van der Waals surface area (Å²) in [5.74, 6) is 0. The maximum absolute atomic E-state index is 9.53. The number of rotatable bonds is 5. The molecule has 0 amide bonds. The molecular weight excluding hydrogens is 504 g/mol. The molecule has 1 aromatic heterocycles. The topological polar surface area (TPSA) is 35.9 Å². The van der Waals surface area contributed by atoms with Crippen LogP contribution in [0.25, 0.3) is 44.9 Å². The maximum atomic E-state index is 9.53. The van der Waals surface area contributed by atoms with Crippen LogP contribution in [-0.2, 0) is 0 Å². The molecule has 5 aromatic carbocycles. The predicted molar refractivity (Wildman–Crippen MR) is 171 cm³/mol. The number of allylic oxidation sites excluding steroid dienone is 1. The Kier molecular flexibility index (Phi) is 6.19. The molecule has 2 heterocycles. The predicted octanol–water partition coefficient (Wildman–Crippen LogP) is 9.61. The highest BCUT2D eigenvalue weighted by atomic mass is 32.1. The zero-order chi connectivity index (χ0) is 26.9. The third-order valence-corrected chi connectivity index (χ3v) is 8.29. The van der Waals surface area contributed by atoms with E-state index >= 15 is 0 Å². The largest absolute Gasteiger partial charge is 0.353 e. The van der Waals surface area contributed by atoms with E-state index in [1.807, 2.05) is 30.3 Å². The fraction of sp³-hybridized carbons (Fsp3) is 0. The molecule has 2 nitrogen and oxygen atoms in total. The highest BCUT2D eigenvalue weighted by molar-refractivity contribution is 7.11. The van der Waals surface area contributed by atoms with Crippen LogP contribution in [0.3, 0.4) is 0 Å². The fourth-order valence-corrected chi connectivity index (χ4v) is 6.19. The first-order valence-electron chi connectivity index (χ1n) is 13.4. The number of thiophene rings is 1. The van der Waals surface area contributed by atoms with Gasteiger partial charge in [-0.3, -0.25) is 5.41 Å². The lowest BCUT2D eigenvalue weighted by Crippen LogP contribution is -2.20. The molecule has 0 radical (unpaired) electrons. The summed E-state index contributed by atoms with van der Waals surface area (Å²) in [6, 6.07) is 46.3. The minimum absolute atomic E-state index is 0.486.